The van der Waals surface area contributed by atoms with Crippen LogP contribution in [0, 0.1) is 11.7 Å². The van der Waals surface area contributed by atoms with Gasteiger partial charge in [0.15, 0.2) is 5.13 Å². The molecule has 1 amide bonds. The highest BCUT2D eigenvalue weighted by molar-refractivity contribution is 7.22. The van der Waals surface area contributed by atoms with E-state index in [1.54, 1.807) is 13.0 Å². The van der Waals surface area contributed by atoms with E-state index in [1.807, 2.05) is 6.92 Å². The Morgan fingerprint density at radius 3 is 3.00 bits per heavy atom. The number of hydrogen-bond acceptors (Lipinski definition) is 5. The summed E-state index contributed by atoms with van der Waals surface area (Å²) < 4.78 is 13.9. The number of likely N-dealkylation sites (tertiary alicyclic amines) is 1. The Morgan fingerprint density at radius 2 is 2.30 bits per heavy atom. The van der Waals surface area contributed by atoms with Crippen molar-refractivity contribution in [1.29, 1.82) is 0 Å². The number of hydrogen-bond donors (Lipinski definition) is 2. The molecule has 124 valence electrons. The van der Waals surface area contributed by atoms with Crippen molar-refractivity contribution in [3.8, 4) is 0 Å². The molecule has 1 fully saturated rings. The second-order valence-electron chi connectivity index (χ2n) is 6.08. The number of benzene rings is 1. The number of rotatable bonds is 4. The maximum absolute atomic E-state index is 13.2. The van der Waals surface area contributed by atoms with Crippen LogP contribution in [-0.4, -0.2) is 46.1 Å². The summed E-state index contributed by atoms with van der Waals surface area (Å²) in [4.78, 5) is 18.8. The number of carbonyl (C=O) groups is 1. The topological polar surface area (TPSA) is 65.5 Å². The van der Waals surface area contributed by atoms with Crippen LogP contribution in [0.25, 0.3) is 10.2 Å². The number of aromatic nitrogens is 1. The van der Waals surface area contributed by atoms with Crippen LogP contribution in [0.3, 0.4) is 0 Å². The first-order chi connectivity index (χ1) is 10.9. The minimum Gasteiger partial charge on any atom is -0.393 e. The van der Waals surface area contributed by atoms with Gasteiger partial charge in [-0.05, 0) is 50.9 Å². The average molecular weight is 337 g/mol. The molecule has 2 aromatic rings. The Hall–Kier alpha value is -1.57. The van der Waals surface area contributed by atoms with Gasteiger partial charge in [-0.2, -0.15) is 0 Å². The minimum atomic E-state index is -0.352. The number of amides is 1. The molecular weight excluding hydrogens is 317 g/mol. The molecule has 23 heavy (non-hydrogen) atoms. The van der Waals surface area contributed by atoms with E-state index >= 15 is 0 Å². The van der Waals surface area contributed by atoms with Crippen LogP contribution in [0.4, 0.5) is 9.52 Å². The summed E-state index contributed by atoms with van der Waals surface area (Å²) >= 11 is 1.26. The van der Waals surface area contributed by atoms with E-state index in [1.165, 1.54) is 23.5 Å². The SMILES string of the molecule is CC(O)C1CCN(C(C)C(=O)Nc2nc3ccc(F)cc3s2)C1. The number of carbonyl (C=O) groups excluding carboxylic acids is 1. The highest BCUT2D eigenvalue weighted by atomic mass is 32.1. The predicted octanol–water partition coefficient (Wildman–Crippen LogP) is 2.47. The molecule has 3 atom stereocenters. The smallest absolute Gasteiger partial charge is 0.243 e. The van der Waals surface area contributed by atoms with Crippen LogP contribution in [0.5, 0.6) is 0 Å². The fourth-order valence-corrected chi connectivity index (χ4v) is 3.78. The number of aliphatic hydroxyl groups excluding tert-OH is 1. The van der Waals surface area contributed by atoms with Crippen LogP contribution in [0.2, 0.25) is 0 Å². The van der Waals surface area contributed by atoms with Gasteiger partial charge in [-0.15, -0.1) is 0 Å². The minimum absolute atomic E-state index is 0.129. The molecule has 0 radical (unpaired) electrons. The Morgan fingerprint density at radius 1 is 1.52 bits per heavy atom. The van der Waals surface area contributed by atoms with Crippen LogP contribution in [0.1, 0.15) is 20.3 Å². The lowest BCUT2D eigenvalue weighted by Crippen LogP contribution is -2.41. The van der Waals surface area contributed by atoms with Crippen molar-refractivity contribution >= 4 is 32.6 Å². The van der Waals surface area contributed by atoms with Gasteiger partial charge in [0, 0.05) is 6.54 Å². The van der Waals surface area contributed by atoms with Gasteiger partial charge in [0.25, 0.3) is 0 Å². The van der Waals surface area contributed by atoms with Gasteiger partial charge >= 0.3 is 0 Å². The molecule has 5 nitrogen and oxygen atoms in total. The fourth-order valence-electron chi connectivity index (χ4n) is 2.89. The molecule has 2 N–H and O–H groups in total. The molecule has 2 heterocycles. The van der Waals surface area contributed by atoms with Gasteiger partial charge < -0.3 is 10.4 Å². The number of nitrogens with one attached hydrogen (secondary N) is 1. The third-order valence-electron chi connectivity index (χ3n) is 4.45. The first-order valence-electron chi connectivity index (χ1n) is 7.73. The average Bonchev–Trinajstić information content (AvgIpc) is 3.12. The molecule has 1 aromatic heterocycles. The van der Waals surface area contributed by atoms with Crippen molar-refractivity contribution in [2.75, 3.05) is 18.4 Å². The zero-order chi connectivity index (χ0) is 16.6. The Bertz CT molecular complexity index is 718. The quantitative estimate of drug-likeness (QED) is 0.899. The predicted molar refractivity (Wildman–Crippen MR) is 89.0 cm³/mol. The van der Waals surface area contributed by atoms with E-state index in [-0.39, 0.29) is 29.8 Å². The standard InChI is InChI=1S/C16H20FN3O2S/c1-9(20-6-5-11(8-20)10(2)21)15(22)19-16-18-13-4-3-12(17)7-14(13)23-16/h3-4,7,9-11,21H,5-6,8H2,1-2H3,(H,18,19,22). The monoisotopic (exact) mass is 337 g/mol. The van der Waals surface area contributed by atoms with Crippen LogP contribution >= 0.6 is 11.3 Å². The molecule has 3 unspecified atom stereocenters. The van der Waals surface area contributed by atoms with Gasteiger partial charge in [0.2, 0.25) is 5.91 Å². The fraction of sp³-hybridized carbons (Fsp3) is 0.500. The molecule has 1 aromatic carbocycles. The summed E-state index contributed by atoms with van der Waals surface area (Å²) in [5.74, 6) is -0.222. The zero-order valence-corrected chi connectivity index (χ0v) is 13.9. The highest BCUT2D eigenvalue weighted by Gasteiger charge is 2.31. The van der Waals surface area contributed by atoms with E-state index < -0.39 is 0 Å². The van der Waals surface area contributed by atoms with Crippen LogP contribution < -0.4 is 5.32 Å². The maximum atomic E-state index is 13.2. The maximum Gasteiger partial charge on any atom is 0.243 e. The van der Waals surface area contributed by atoms with Crippen molar-refractivity contribution in [2.24, 2.45) is 5.92 Å². The molecule has 1 aliphatic rings. The second kappa shape index (κ2) is 6.51. The first-order valence-corrected chi connectivity index (χ1v) is 8.55. The number of fused-ring (bicyclic) bond motifs is 1. The van der Waals surface area contributed by atoms with Crippen molar-refractivity contribution < 1.29 is 14.3 Å². The van der Waals surface area contributed by atoms with Crippen molar-refractivity contribution in [1.82, 2.24) is 9.88 Å². The van der Waals surface area contributed by atoms with Crippen molar-refractivity contribution in [2.45, 2.75) is 32.4 Å². The van der Waals surface area contributed by atoms with E-state index in [2.05, 4.69) is 15.2 Å². The van der Waals surface area contributed by atoms with E-state index in [0.29, 0.717) is 15.3 Å². The lowest BCUT2D eigenvalue weighted by Gasteiger charge is -2.23. The molecule has 0 saturated carbocycles. The lowest BCUT2D eigenvalue weighted by atomic mass is 10.0. The number of anilines is 1. The second-order valence-corrected chi connectivity index (χ2v) is 7.11. The molecule has 0 spiro atoms. The van der Waals surface area contributed by atoms with Gasteiger partial charge in [0.05, 0.1) is 22.4 Å². The molecule has 0 bridgehead atoms. The van der Waals surface area contributed by atoms with Gasteiger partial charge in [-0.1, -0.05) is 11.3 Å². The van der Waals surface area contributed by atoms with Gasteiger partial charge in [-0.25, -0.2) is 9.37 Å². The first kappa shape index (κ1) is 16.3. The van der Waals surface area contributed by atoms with Crippen LogP contribution in [0.15, 0.2) is 18.2 Å². The summed E-state index contributed by atoms with van der Waals surface area (Å²) in [7, 11) is 0. The summed E-state index contributed by atoms with van der Waals surface area (Å²) in [5, 5.41) is 13.0. The summed E-state index contributed by atoms with van der Waals surface area (Å²) in [6.07, 6.45) is 0.546. The Kier molecular flexibility index (Phi) is 4.61. The molecule has 7 heteroatoms. The Balaban J connectivity index is 1.65. The molecule has 3 rings (SSSR count). The molecule has 0 aliphatic carbocycles. The van der Waals surface area contributed by atoms with E-state index in [0.717, 1.165) is 19.5 Å². The van der Waals surface area contributed by atoms with Gasteiger partial charge in [-0.3, -0.25) is 9.69 Å². The summed E-state index contributed by atoms with van der Waals surface area (Å²) in [6, 6.07) is 4.09. The highest BCUT2D eigenvalue weighted by Crippen LogP contribution is 2.27. The number of nitrogens with zero attached hydrogens (tertiary/aromatic N) is 2. The molecule has 1 saturated heterocycles. The number of halogens is 1. The third kappa shape index (κ3) is 3.52. The van der Waals surface area contributed by atoms with Gasteiger partial charge in [0.1, 0.15) is 5.82 Å². The summed E-state index contributed by atoms with van der Waals surface area (Å²) in [5.41, 5.74) is 0.676. The zero-order valence-electron chi connectivity index (χ0n) is 13.1. The third-order valence-corrected chi connectivity index (χ3v) is 5.38. The molecular formula is C16H20FN3O2S. The van der Waals surface area contributed by atoms with Crippen molar-refractivity contribution in [3.63, 3.8) is 0 Å². The van der Waals surface area contributed by atoms with Crippen molar-refractivity contribution in [3.05, 3.63) is 24.0 Å². The lowest BCUT2D eigenvalue weighted by molar-refractivity contribution is -0.120. The molecule has 1 aliphatic heterocycles. The normalized spacial score (nSPS) is 21.5. The summed E-state index contributed by atoms with van der Waals surface area (Å²) in [6.45, 7) is 5.17. The Labute approximate surface area is 138 Å². The van der Waals surface area contributed by atoms with E-state index in [9.17, 15) is 14.3 Å². The number of aliphatic hydroxyl groups is 1. The number of thiazole rings is 1. The van der Waals surface area contributed by atoms with E-state index in [4.69, 9.17) is 0 Å². The van der Waals surface area contributed by atoms with Crippen LogP contribution in [-0.2, 0) is 4.79 Å². The largest absolute Gasteiger partial charge is 0.393 e.